The molecule has 1 unspecified atom stereocenters. The van der Waals surface area contributed by atoms with Crippen molar-refractivity contribution in [2.45, 2.75) is 57.8 Å². The highest BCUT2D eigenvalue weighted by atomic mass is 127. The van der Waals surface area contributed by atoms with Crippen molar-refractivity contribution in [1.82, 2.24) is 10.2 Å². The Bertz CT molecular complexity index is 526. The number of aliphatic imine (C=N–C) groups is 1. The van der Waals surface area contributed by atoms with Gasteiger partial charge >= 0.3 is 0 Å². The van der Waals surface area contributed by atoms with Gasteiger partial charge in [0.1, 0.15) is 0 Å². The van der Waals surface area contributed by atoms with Crippen molar-refractivity contribution in [1.29, 1.82) is 0 Å². The number of likely N-dealkylation sites (tertiary alicyclic amines) is 1. The molecule has 3 rings (SSSR count). The Morgan fingerprint density at radius 3 is 2.28 bits per heavy atom. The lowest BCUT2D eigenvalue weighted by Crippen LogP contribution is -2.46. The molecule has 2 saturated heterocycles. The second kappa shape index (κ2) is 10.3. The standard InChI is InChI=1S/C18H33N3O2S.HI/c22-24(23)12-9-17(15-24)14-20-18(21-10-5-2-6-11-21)19-13-16-7-3-1-4-8-16;/h16-17H,1-15H2,(H,19,20);1H. The lowest BCUT2D eigenvalue weighted by molar-refractivity contribution is 0.316. The van der Waals surface area contributed by atoms with Crippen LogP contribution < -0.4 is 5.32 Å². The fourth-order valence-corrected chi connectivity index (χ4v) is 6.08. The van der Waals surface area contributed by atoms with E-state index in [2.05, 4.69) is 10.2 Å². The highest BCUT2D eigenvalue weighted by Crippen LogP contribution is 2.23. The van der Waals surface area contributed by atoms with Crippen LogP contribution in [0.2, 0.25) is 0 Å². The van der Waals surface area contributed by atoms with E-state index in [1.807, 2.05) is 0 Å². The van der Waals surface area contributed by atoms with Crippen LogP contribution in [0.1, 0.15) is 57.8 Å². The van der Waals surface area contributed by atoms with Crippen LogP contribution in [0.5, 0.6) is 0 Å². The average molecular weight is 483 g/mol. The molecule has 3 fully saturated rings. The summed E-state index contributed by atoms with van der Waals surface area (Å²) in [7, 11) is -2.80. The van der Waals surface area contributed by atoms with Crippen LogP contribution in [-0.2, 0) is 9.84 Å². The summed E-state index contributed by atoms with van der Waals surface area (Å²) in [5, 5.41) is 3.63. The van der Waals surface area contributed by atoms with E-state index >= 15 is 0 Å². The summed E-state index contributed by atoms with van der Waals surface area (Å²) in [6.45, 7) is 3.85. The molecular formula is C18H34IN3O2S. The van der Waals surface area contributed by atoms with E-state index in [1.165, 1.54) is 51.4 Å². The maximum Gasteiger partial charge on any atom is 0.193 e. The van der Waals surface area contributed by atoms with Crippen molar-refractivity contribution < 1.29 is 8.42 Å². The molecular weight excluding hydrogens is 449 g/mol. The first-order valence-electron chi connectivity index (χ1n) is 9.86. The Kier molecular flexibility index (Phi) is 8.78. The van der Waals surface area contributed by atoms with Crippen LogP contribution in [0.4, 0.5) is 0 Å². The first-order chi connectivity index (χ1) is 11.6. The van der Waals surface area contributed by atoms with Gasteiger partial charge in [-0.1, -0.05) is 19.3 Å². The number of nitrogens with one attached hydrogen (secondary N) is 1. The molecule has 3 aliphatic rings. The number of nitrogens with zero attached hydrogens (tertiary/aromatic N) is 2. The van der Waals surface area contributed by atoms with Crippen LogP contribution in [0, 0.1) is 11.8 Å². The summed E-state index contributed by atoms with van der Waals surface area (Å²) in [5.41, 5.74) is 0. The van der Waals surface area contributed by atoms with Gasteiger partial charge in [-0.2, -0.15) is 0 Å². The topological polar surface area (TPSA) is 61.8 Å². The van der Waals surface area contributed by atoms with E-state index in [-0.39, 0.29) is 29.9 Å². The van der Waals surface area contributed by atoms with Gasteiger partial charge in [0.15, 0.2) is 15.8 Å². The second-order valence-electron chi connectivity index (χ2n) is 7.87. The summed E-state index contributed by atoms with van der Waals surface area (Å²) < 4.78 is 23.3. The minimum atomic E-state index is -2.80. The summed E-state index contributed by atoms with van der Waals surface area (Å²) in [6.07, 6.45) is 11.4. The molecule has 0 bridgehead atoms. The number of hydrogen-bond acceptors (Lipinski definition) is 3. The largest absolute Gasteiger partial charge is 0.356 e. The number of guanidine groups is 1. The van der Waals surface area contributed by atoms with Crippen LogP contribution in [0.3, 0.4) is 0 Å². The first-order valence-corrected chi connectivity index (χ1v) is 11.7. The summed E-state index contributed by atoms with van der Waals surface area (Å²) in [6, 6.07) is 0. The predicted molar refractivity (Wildman–Crippen MR) is 114 cm³/mol. The van der Waals surface area contributed by atoms with Crippen molar-refractivity contribution >= 4 is 39.8 Å². The van der Waals surface area contributed by atoms with Crippen molar-refractivity contribution in [3.05, 3.63) is 0 Å². The molecule has 1 aliphatic carbocycles. The third-order valence-corrected chi connectivity index (χ3v) is 7.59. The normalized spacial score (nSPS) is 27.8. The maximum atomic E-state index is 11.6. The fraction of sp³-hybridized carbons (Fsp3) is 0.944. The molecule has 2 heterocycles. The van der Waals surface area contributed by atoms with Crippen molar-refractivity contribution in [3.8, 4) is 0 Å². The van der Waals surface area contributed by atoms with E-state index in [1.54, 1.807) is 0 Å². The number of piperidine rings is 1. The Balaban J connectivity index is 0.00000225. The van der Waals surface area contributed by atoms with Gasteiger partial charge in [0.2, 0.25) is 0 Å². The SMILES string of the molecule is I.O=S1(=O)CCC(CN=C(NCC2CCCCC2)N2CCCCC2)C1. The van der Waals surface area contributed by atoms with Crippen LogP contribution >= 0.6 is 24.0 Å². The van der Waals surface area contributed by atoms with Gasteiger partial charge in [-0.3, -0.25) is 4.99 Å². The second-order valence-corrected chi connectivity index (χ2v) is 10.1. The van der Waals surface area contributed by atoms with E-state index < -0.39 is 9.84 Å². The third kappa shape index (κ3) is 6.88. The van der Waals surface area contributed by atoms with Gasteiger partial charge in [-0.25, -0.2) is 8.42 Å². The maximum absolute atomic E-state index is 11.6. The third-order valence-electron chi connectivity index (χ3n) is 5.76. The fourth-order valence-electron chi connectivity index (χ4n) is 4.23. The number of hydrogen-bond donors (Lipinski definition) is 1. The van der Waals surface area contributed by atoms with Crippen molar-refractivity contribution in [3.63, 3.8) is 0 Å². The predicted octanol–water partition coefficient (Wildman–Crippen LogP) is 3.05. The first kappa shape index (κ1) is 21.3. The minimum Gasteiger partial charge on any atom is -0.356 e. The Morgan fingerprint density at radius 2 is 1.64 bits per heavy atom. The quantitative estimate of drug-likeness (QED) is 0.380. The molecule has 1 atom stereocenters. The molecule has 0 amide bonds. The van der Waals surface area contributed by atoms with E-state index in [4.69, 9.17) is 4.99 Å². The molecule has 7 heteroatoms. The molecule has 1 N–H and O–H groups in total. The zero-order chi connectivity index (χ0) is 16.8. The number of rotatable bonds is 4. The van der Waals surface area contributed by atoms with Crippen molar-refractivity contribution in [2.75, 3.05) is 37.7 Å². The van der Waals surface area contributed by atoms with E-state index in [0.29, 0.717) is 18.1 Å². The highest BCUT2D eigenvalue weighted by molar-refractivity contribution is 14.0. The van der Waals surface area contributed by atoms with E-state index in [0.717, 1.165) is 37.9 Å². The molecule has 25 heavy (non-hydrogen) atoms. The lowest BCUT2D eigenvalue weighted by atomic mass is 9.89. The summed E-state index contributed by atoms with van der Waals surface area (Å²) in [5.74, 6) is 2.70. The average Bonchev–Trinajstić information content (AvgIpc) is 2.96. The van der Waals surface area contributed by atoms with Crippen molar-refractivity contribution in [2.24, 2.45) is 16.8 Å². The highest BCUT2D eigenvalue weighted by Gasteiger charge is 2.28. The molecule has 0 aromatic carbocycles. The molecule has 146 valence electrons. The van der Waals surface area contributed by atoms with E-state index in [9.17, 15) is 8.42 Å². The zero-order valence-electron chi connectivity index (χ0n) is 15.3. The summed E-state index contributed by atoms with van der Waals surface area (Å²) in [4.78, 5) is 7.23. The van der Waals surface area contributed by atoms with Gasteiger partial charge < -0.3 is 10.2 Å². The molecule has 0 aromatic rings. The van der Waals surface area contributed by atoms with Gasteiger partial charge in [-0.15, -0.1) is 24.0 Å². The van der Waals surface area contributed by atoms with Crippen LogP contribution in [-0.4, -0.2) is 57.0 Å². The molecule has 0 spiro atoms. The van der Waals surface area contributed by atoms with Gasteiger partial charge in [0.25, 0.3) is 0 Å². The Hall–Kier alpha value is -0.0500. The van der Waals surface area contributed by atoms with Crippen LogP contribution in [0.15, 0.2) is 4.99 Å². The molecule has 0 radical (unpaired) electrons. The lowest BCUT2D eigenvalue weighted by Gasteiger charge is -2.32. The molecule has 2 aliphatic heterocycles. The Labute approximate surface area is 170 Å². The molecule has 1 saturated carbocycles. The summed E-state index contributed by atoms with van der Waals surface area (Å²) >= 11 is 0. The van der Waals surface area contributed by atoms with Gasteiger partial charge in [-0.05, 0) is 50.4 Å². The zero-order valence-corrected chi connectivity index (χ0v) is 18.4. The van der Waals surface area contributed by atoms with Gasteiger partial charge in [0, 0.05) is 26.2 Å². The number of sulfone groups is 1. The minimum absolute atomic E-state index is 0. The van der Waals surface area contributed by atoms with Crippen LogP contribution in [0.25, 0.3) is 0 Å². The number of halogens is 1. The smallest absolute Gasteiger partial charge is 0.193 e. The van der Waals surface area contributed by atoms with Gasteiger partial charge in [0.05, 0.1) is 11.5 Å². The monoisotopic (exact) mass is 483 g/mol. The molecule has 5 nitrogen and oxygen atoms in total. The Morgan fingerprint density at radius 1 is 0.960 bits per heavy atom. The molecule has 0 aromatic heterocycles.